The minimum absolute atomic E-state index is 0.0545. The molecule has 2 aliphatic rings. The molecule has 2 amide bonds. The van der Waals surface area contributed by atoms with Crippen molar-refractivity contribution in [3.8, 4) is 11.6 Å². The minimum Gasteiger partial charge on any atom is -0.437 e. The summed E-state index contributed by atoms with van der Waals surface area (Å²) in [7, 11) is 0. The van der Waals surface area contributed by atoms with E-state index in [2.05, 4.69) is 15.3 Å². The molecule has 0 radical (unpaired) electrons. The number of rotatable bonds is 3. The van der Waals surface area contributed by atoms with Crippen LogP contribution >= 0.6 is 0 Å². The van der Waals surface area contributed by atoms with Crippen molar-refractivity contribution in [1.82, 2.24) is 14.9 Å². The summed E-state index contributed by atoms with van der Waals surface area (Å²) in [6.45, 7) is 0.688. The molecule has 130 valence electrons. The van der Waals surface area contributed by atoms with Crippen molar-refractivity contribution in [2.75, 3.05) is 11.9 Å². The molecule has 0 spiro atoms. The number of nitrogens with one attached hydrogen (secondary N) is 1. The Morgan fingerprint density at radius 2 is 2.16 bits per heavy atom. The van der Waals surface area contributed by atoms with Crippen molar-refractivity contribution >= 4 is 11.7 Å². The van der Waals surface area contributed by atoms with Gasteiger partial charge in [0, 0.05) is 18.8 Å². The average molecular weight is 340 g/mol. The number of hydrogen-bond acceptors (Lipinski definition) is 5. The molecule has 1 aliphatic carbocycles. The standard InChI is InChI=1S/C18H20N4O3/c23-15-5-3-12-7-9-22(17(12)15)18(24)21-13-4-6-16(20-10-13)25-14-2-1-8-19-11-14/h1-2,4,6,8,10-12,15,17,23H,3,5,7,9H2,(H,21,24)/t12-,15+,17+/m0/s1. The predicted octanol–water partition coefficient (Wildman–Crippen LogP) is 2.65. The number of aromatic nitrogens is 2. The third kappa shape index (κ3) is 3.28. The number of carbonyl (C=O) groups is 1. The Balaban J connectivity index is 1.39. The lowest BCUT2D eigenvalue weighted by Gasteiger charge is -2.26. The molecule has 3 atom stereocenters. The van der Waals surface area contributed by atoms with Crippen LogP contribution in [0.15, 0.2) is 42.9 Å². The van der Waals surface area contributed by atoms with Gasteiger partial charge in [0.15, 0.2) is 0 Å². The molecule has 2 aromatic rings. The number of carbonyl (C=O) groups excluding carboxylic acids is 1. The van der Waals surface area contributed by atoms with Gasteiger partial charge >= 0.3 is 6.03 Å². The van der Waals surface area contributed by atoms with Crippen LogP contribution in [0.5, 0.6) is 11.6 Å². The zero-order chi connectivity index (χ0) is 17.2. The van der Waals surface area contributed by atoms with Crippen LogP contribution in [0.3, 0.4) is 0 Å². The van der Waals surface area contributed by atoms with Gasteiger partial charge < -0.3 is 20.1 Å². The van der Waals surface area contributed by atoms with Crippen molar-refractivity contribution in [1.29, 1.82) is 0 Å². The Labute approximate surface area is 145 Å². The SMILES string of the molecule is O=C(Nc1ccc(Oc2cccnc2)nc1)N1CC[C@@H]2CC[C@@H](O)[C@@H]21. The van der Waals surface area contributed by atoms with E-state index >= 15 is 0 Å². The lowest BCUT2D eigenvalue weighted by molar-refractivity contribution is 0.101. The molecular weight excluding hydrogens is 320 g/mol. The van der Waals surface area contributed by atoms with E-state index in [1.165, 1.54) is 0 Å². The molecule has 1 saturated heterocycles. The second-order valence-corrected chi connectivity index (χ2v) is 6.48. The molecular formula is C18H20N4O3. The van der Waals surface area contributed by atoms with Crippen LogP contribution in [0.25, 0.3) is 0 Å². The first-order valence-electron chi connectivity index (χ1n) is 8.50. The fourth-order valence-electron chi connectivity index (χ4n) is 3.75. The summed E-state index contributed by atoms with van der Waals surface area (Å²) in [4.78, 5) is 22.4. The topological polar surface area (TPSA) is 87.6 Å². The van der Waals surface area contributed by atoms with E-state index in [9.17, 15) is 9.90 Å². The largest absolute Gasteiger partial charge is 0.437 e. The Bertz CT molecular complexity index is 738. The summed E-state index contributed by atoms with van der Waals surface area (Å²) in [5, 5.41) is 13.0. The number of anilines is 1. The quantitative estimate of drug-likeness (QED) is 0.897. The number of fused-ring (bicyclic) bond motifs is 1. The smallest absolute Gasteiger partial charge is 0.322 e. The Morgan fingerprint density at radius 1 is 1.24 bits per heavy atom. The molecule has 2 N–H and O–H groups in total. The maximum atomic E-state index is 12.5. The van der Waals surface area contributed by atoms with Gasteiger partial charge in [-0.15, -0.1) is 0 Å². The van der Waals surface area contributed by atoms with E-state index in [4.69, 9.17) is 4.74 Å². The molecule has 7 nitrogen and oxygen atoms in total. The average Bonchev–Trinajstić information content (AvgIpc) is 3.21. The second-order valence-electron chi connectivity index (χ2n) is 6.48. The summed E-state index contributed by atoms with van der Waals surface area (Å²) in [6.07, 6.45) is 7.16. The molecule has 2 fully saturated rings. The molecule has 3 heterocycles. The van der Waals surface area contributed by atoms with Gasteiger partial charge in [-0.3, -0.25) is 4.98 Å². The molecule has 2 aromatic heterocycles. The van der Waals surface area contributed by atoms with Gasteiger partial charge in [0.1, 0.15) is 5.75 Å². The van der Waals surface area contributed by atoms with E-state index in [0.717, 1.165) is 19.3 Å². The van der Waals surface area contributed by atoms with Crippen LogP contribution in [-0.4, -0.2) is 44.7 Å². The zero-order valence-electron chi connectivity index (χ0n) is 13.7. The van der Waals surface area contributed by atoms with Gasteiger partial charge in [0.05, 0.1) is 30.2 Å². The lowest BCUT2D eigenvalue weighted by Crippen LogP contribution is -2.44. The normalized spacial score (nSPS) is 24.8. The summed E-state index contributed by atoms with van der Waals surface area (Å²) >= 11 is 0. The summed E-state index contributed by atoms with van der Waals surface area (Å²) in [6, 6.07) is 6.78. The number of nitrogens with zero attached hydrogens (tertiary/aromatic N) is 3. The number of ether oxygens (including phenoxy) is 1. The van der Waals surface area contributed by atoms with Crippen molar-refractivity contribution in [3.05, 3.63) is 42.9 Å². The molecule has 0 bridgehead atoms. The van der Waals surface area contributed by atoms with Crippen molar-refractivity contribution in [2.24, 2.45) is 5.92 Å². The number of hydrogen-bond donors (Lipinski definition) is 2. The molecule has 0 aromatic carbocycles. The Hall–Kier alpha value is -2.67. The fourth-order valence-corrected chi connectivity index (χ4v) is 3.75. The maximum absolute atomic E-state index is 12.5. The highest BCUT2D eigenvalue weighted by molar-refractivity contribution is 5.89. The van der Waals surface area contributed by atoms with Crippen LogP contribution < -0.4 is 10.1 Å². The monoisotopic (exact) mass is 340 g/mol. The third-order valence-electron chi connectivity index (χ3n) is 4.92. The first-order chi connectivity index (χ1) is 12.2. The van der Waals surface area contributed by atoms with Crippen LogP contribution in [-0.2, 0) is 0 Å². The maximum Gasteiger partial charge on any atom is 0.322 e. The van der Waals surface area contributed by atoms with Crippen molar-refractivity contribution in [2.45, 2.75) is 31.4 Å². The van der Waals surface area contributed by atoms with Gasteiger partial charge in [0.25, 0.3) is 0 Å². The lowest BCUT2D eigenvalue weighted by atomic mass is 10.0. The van der Waals surface area contributed by atoms with E-state index in [1.807, 2.05) is 0 Å². The minimum atomic E-state index is -0.411. The van der Waals surface area contributed by atoms with Crippen molar-refractivity contribution < 1.29 is 14.6 Å². The number of likely N-dealkylation sites (tertiary alicyclic amines) is 1. The fraction of sp³-hybridized carbons (Fsp3) is 0.389. The van der Waals surface area contributed by atoms with Crippen molar-refractivity contribution in [3.63, 3.8) is 0 Å². The molecule has 1 saturated carbocycles. The van der Waals surface area contributed by atoms with Gasteiger partial charge in [-0.1, -0.05) is 0 Å². The van der Waals surface area contributed by atoms with Crippen LogP contribution in [0, 0.1) is 5.92 Å². The Kier molecular flexibility index (Phi) is 4.23. The predicted molar refractivity (Wildman–Crippen MR) is 91.4 cm³/mol. The van der Waals surface area contributed by atoms with Gasteiger partial charge in [0.2, 0.25) is 5.88 Å². The highest BCUT2D eigenvalue weighted by atomic mass is 16.5. The molecule has 1 aliphatic heterocycles. The Morgan fingerprint density at radius 3 is 2.92 bits per heavy atom. The molecule has 0 unspecified atom stereocenters. The molecule has 7 heteroatoms. The zero-order valence-corrected chi connectivity index (χ0v) is 13.7. The number of aliphatic hydroxyl groups is 1. The van der Waals surface area contributed by atoms with E-state index in [1.54, 1.807) is 47.8 Å². The van der Waals surface area contributed by atoms with Gasteiger partial charge in [-0.25, -0.2) is 9.78 Å². The number of pyridine rings is 2. The molecule has 25 heavy (non-hydrogen) atoms. The summed E-state index contributed by atoms with van der Waals surface area (Å²) in [5.74, 6) is 1.46. The first-order valence-corrected chi connectivity index (χ1v) is 8.50. The van der Waals surface area contributed by atoms with Crippen LogP contribution in [0.1, 0.15) is 19.3 Å². The number of amides is 2. The third-order valence-corrected chi connectivity index (χ3v) is 4.92. The van der Waals surface area contributed by atoms with Crippen LogP contribution in [0.2, 0.25) is 0 Å². The van der Waals surface area contributed by atoms with Crippen LogP contribution in [0.4, 0.5) is 10.5 Å². The highest BCUT2D eigenvalue weighted by Gasteiger charge is 2.45. The molecule has 4 rings (SSSR count). The summed E-state index contributed by atoms with van der Waals surface area (Å²) < 4.78 is 5.58. The number of aliphatic hydroxyl groups excluding tert-OH is 1. The highest BCUT2D eigenvalue weighted by Crippen LogP contribution is 2.38. The second kappa shape index (κ2) is 6.68. The summed E-state index contributed by atoms with van der Waals surface area (Å²) in [5.41, 5.74) is 0.597. The first kappa shape index (κ1) is 15.8. The van der Waals surface area contributed by atoms with E-state index < -0.39 is 6.10 Å². The van der Waals surface area contributed by atoms with Gasteiger partial charge in [-0.05, 0) is 43.4 Å². The van der Waals surface area contributed by atoms with E-state index in [-0.39, 0.29) is 12.1 Å². The van der Waals surface area contributed by atoms with E-state index in [0.29, 0.717) is 29.8 Å². The number of urea groups is 1. The van der Waals surface area contributed by atoms with Gasteiger partial charge in [-0.2, -0.15) is 0 Å².